The molecule has 0 fully saturated rings. The number of benzene rings is 2. The molecule has 166 valence electrons. The van der Waals surface area contributed by atoms with Crippen molar-refractivity contribution in [3.05, 3.63) is 78.2 Å². The Bertz CT molecular complexity index is 1090. The third-order valence-corrected chi connectivity index (χ3v) is 4.98. The summed E-state index contributed by atoms with van der Waals surface area (Å²) in [5.74, 6) is 0.335. The summed E-state index contributed by atoms with van der Waals surface area (Å²) in [6.45, 7) is 12.8. The molecule has 0 bridgehead atoms. The Balaban J connectivity index is 0.00000341. The Hall–Kier alpha value is -2.25. The van der Waals surface area contributed by atoms with Gasteiger partial charge in [-0.25, -0.2) is 0 Å². The minimum absolute atomic E-state index is 0. The van der Waals surface area contributed by atoms with Crippen molar-refractivity contribution in [3.8, 4) is 11.3 Å². The Morgan fingerprint density at radius 2 is 1.68 bits per heavy atom. The summed E-state index contributed by atoms with van der Waals surface area (Å²) in [6.07, 6.45) is 1.81. The van der Waals surface area contributed by atoms with Gasteiger partial charge in [0, 0.05) is 37.6 Å². The Morgan fingerprint density at radius 3 is 2.29 bits per heavy atom. The second kappa shape index (κ2) is 9.91. The van der Waals surface area contributed by atoms with E-state index in [2.05, 4.69) is 45.0 Å². The molecule has 3 aromatic rings. The molecule has 1 heterocycles. The van der Waals surface area contributed by atoms with Gasteiger partial charge in [-0.2, -0.15) is 0 Å². The maximum atomic E-state index is 10.5. The van der Waals surface area contributed by atoms with Crippen LogP contribution in [0.5, 0.6) is 0 Å². The van der Waals surface area contributed by atoms with E-state index in [1.165, 1.54) is 0 Å². The van der Waals surface area contributed by atoms with Crippen molar-refractivity contribution in [2.24, 2.45) is 15.8 Å². The fourth-order valence-corrected chi connectivity index (χ4v) is 3.09. The minimum atomic E-state index is -0.316. The number of aliphatic hydroxyl groups is 1. The standard InChI is InChI=1S/C27H31N2O.Pt/c1-26(2,3)23(17-24(30)27(4,5)6)28-18-21-16-20-14-10-11-15-22(20)25(29-21)19-12-8-7-9-13-19;/h7-12,14-17,30H,18H2,1-6H3;/q-1;/b24-17-,28-23?;. The molecule has 0 atom stereocenters. The molecule has 3 nitrogen and oxygen atoms in total. The van der Waals surface area contributed by atoms with Crippen molar-refractivity contribution in [1.82, 2.24) is 4.98 Å². The van der Waals surface area contributed by atoms with E-state index in [-0.39, 0.29) is 31.9 Å². The van der Waals surface area contributed by atoms with Crippen LogP contribution in [0.4, 0.5) is 0 Å². The van der Waals surface area contributed by atoms with Crippen LogP contribution >= 0.6 is 0 Å². The van der Waals surface area contributed by atoms with Gasteiger partial charge < -0.3 is 5.11 Å². The number of hydrogen-bond acceptors (Lipinski definition) is 3. The summed E-state index contributed by atoms with van der Waals surface area (Å²) in [4.78, 5) is 9.80. The van der Waals surface area contributed by atoms with Crippen molar-refractivity contribution in [1.29, 1.82) is 0 Å². The average Bonchev–Trinajstić information content (AvgIpc) is 2.69. The van der Waals surface area contributed by atoms with E-state index in [1.54, 1.807) is 0 Å². The molecular formula is C27H31N2OPt-. The van der Waals surface area contributed by atoms with Gasteiger partial charge in [-0.15, -0.1) is 35.9 Å². The molecule has 0 amide bonds. The first-order chi connectivity index (χ1) is 14.1. The Kier molecular flexibility index (Phi) is 8.00. The van der Waals surface area contributed by atoms with Crippen LogP contribution < -0.4 is 0 Å². The third-order valence-electron chi connectivity index (χ3n) is 4.98. The molecule has 0 spiro atoms. The van der Waals surface area contributed by atoms with E-state index in [9.17, 15) is 5.11 Å². The smallest absolute Gasteiger partial charge is 0.0994 e. The van der Waals surface area contributed by atoms with Gasteiger partial charge in [0.1, 0.15) is 0 Å². The number of aliphatic imine (C=N–C) groups is 1. The molecule has 0 aliphatic heterocycles. The summed E-state index contributed by atoms with van der Waals surface area (Å²) >= 11 is 0. The van der Waals surface area contributed by atoms with E-state index >= 15 is 0 Å². The molecule has 0 aliphatic carbocycles. The number of pyridine rings is 1. The zero-order valence-electron chi connectivity index (χ0n) is 19.1. The molecule has 0 unspecified atom stereocenters. The number of fused-ring (bicyclic) bond motifs is 1. The van der Waals surface area contributed by atoms with Crippen LogP contribution in [0.25, 0.3) is 22.0 Å². The molecule has 4 heteroatoms. The van der Waals surface area contributed by atoms with Crippen molar-refractivity contribution < 1.29 is 26.2 Å². The second-order valence-electron chi connectivity index (χ2n) is 9.69. The Morgan fingerprint density at radius 1 is 1.00 bits per heavy atom. The monoisotopic (exact) mass is 594 g/mol. The van der Waals surface area contributed by atoms with Crippen molar-refractivity contribution >= 4 is 16.5 Å². The predicted octanol–water partition coefficient (Wildman–Crippen LogP) is 7.17. The zero-order valence-corrected chi connectivity index (χ0v) is 21.4. The van der Waals surface area contributed by atoms with E-state index in [1.807, 2.05) is 63.2 Å². The van der Waals surface area contributed by atoms with Crippen LogP contribution in [0.3, 0.4) is 0 Å². The summed E-state index contributed by atoms with van der Waals surface area (Å²) in [7, 11) is 0. The fourth-order valence-electron chi connectivity index (χ4n) is 3.09. The van der Waals surface area contributed by atoms with Gasteiger partial charge in [0.15, 0.2) is 0 Å². The zero-order chi connectivity index (χ0) is 21.9. The van der Waals surface area contributed by atoms with Crippen molar-refractivity contribution in [2.75, 3.05) is 0 Å². The number of allylic oxidation sites excluding steroid dienone is 2. The van der Waals surface area contributed by atoms with Gasteiger partial charge in [0.05, 0.1) is 18.0 Å². The molecule has 2 aromatic carbocycles. The van der Waals surface area contributed by atoms with Crippen LogP contribution in [0.1, 0.15) is 47.2 Å². The summed E-state index contributed by atoms with van der Waals surface area (Å²) in [6, 6.07) is 21.6. The summed E-state index contributed by atoms with van der Waals surface area (Å²) in [5, 5.41) is 12.8. The van der Waals surface area contributed by atoms with Gasteiger partial charge >= 0.3 is 0 Å². The van der Waals surface area contributed by atoms with E-state index in [0.717, 1.165) is 33.4 Å². The normalized spacial score (nSPS) is 13.2. The average molecular weight is 595 g/mol. The number of aromatic nitrogens is 1. The number of nitrogens with zero attached hydrogens (tertiary/aromatic N) is 2. The molecule has 0 radical (unpaired) electrons. The largest absolute Gasteiger partial charge is 0.512 e. The van der Waals surface area contributed by atoms with Crippen molar-refractivity contribution in [3.63, 3.8) is 0 Å². The topological polar surface area (TPSA) is 45.5 Å². The second-order valence-corrected chi connectivity index (χ2v) is 9.69. The van der Waals surface area contributed by atoms with E-state index in [4.69, 9.17) is 9.98 Å². The van der Waals surface area contributed by atoms with Crippen LogP contribution in [0, 0.1) is 16.9 Å². The number of aliphatic hydroxyl groups excluding tert-OH is 1. The van der Waals surface area contributed by atoms with Crippen LogP contribution in [0.2, 0.25) is 0 Å². The first kappa shape index (κ1) is 25.0. The first-order valence-corrected chi connectivity index (χ1v) is 10.4. The summed E-state index contributed by atoms with van der Waals surface area (Å²) in [5.41, 5.74) is 3.14. The molecule has 31 heavy (non-hydrogen) atoms. The van der Waals surface area contributed by atoms with Crippen LogP contribution in [-0.2, 0) is 27.6 Å². The quantitative estimate of drug-likeness (QED) is 0.198. The van der Waals surface area contributed by atoms with Gasteiger partial charge in [-0.05, 0) is 28.6 Å². The molecule has 0 saturated heterocycles. The number of rotatable bonds is 4. The van der Waals surface area contributed by atoms with Gasteiger partial charge in [0.25, 0.3) is 0 Å². The molecular weight excluding hydrogens is 563 g/mol. The molecule has 1 aromatic heterocycles. The molecule has 0 saturated carbocycles. The van der Waals surface area contributed by atoms with E-state index in [0.29, 0.717) is 12.3 Å². The van der Waals surface area contributed by atoms with E-state index < -0.39 is 0 Å². The maximum absolute atomic E-state index is 10.5. The molecule has 0 aliphatic rings. The van der Waals surface area contributed by atoms with Crippen LogP contribution in [0.15, 0.2) is 71.4 Å². The SMILES string of the molecule is CC(C)(C)C(/C=C(\O)C(C)(C)C)=NCc1cc2ccccc2c(-c2[c-]cccc2)n1.[Pt]. The Labute approximate surface area is 200 Å². The van der Waals surface area contributed by atoms with Crippen LogP contribution in [-0.4, -0.2) is 15.8 Å². The van der Waals surface area contributed by atoms with Gasteiger partial charge in [-0.1, -0.05) is 65.8 Å². The van der Waals surface area contributed by atoms with Crippen molar-refractivity contribution in [2.45, 2.75) is 48.1 Å². The first-order valence-electron chi connectivity index (χ1n) is 10.4. The number of hydrogen-bond donors (Lipinski definition) is 1. The third kappa shape index (κ3) is 6.37. The predicted molar refractivity (Wildman–Crippen MR) is 127 cm³/mol. The summed E-state index contributed by atoms with van der Waals surface area (Å²) < 4.78 is 0. The van der Waals surface area contributed by atoms with Gasteiger partial charge in [0.2, 0.25) is 0 Å². The molecule has 3 rings (SSSR count). The van der Waals surface area contributed by atoms with Gasteiger partial charge in [-0.3, -0.25) is 9.98 Å². The maximum Gasteiger partial charge on any atom is 0.0994 e. The fraction of sp³-hybridized carbons (Fsp3) is 0.333. The minimum Gasteiger partial charge on any atom is -0.512 e. The molecule has 1 N–H and O–H groups in total.